The van der Waals surface area contributed by atoms with E-state index in [0.717, 1.165) is 19.5 Å². The first kappa shape index (κ1) is 13.9. The fourth-order valence-electron chi connectivity index (χ4n) is 2.56. The molecule has 1 saturated carbocycles. The van der Waals surface area contributed by atoms with Gasteiger partial charge >= 0.3 is 0 Å². The normalized spacial score (nSPS) is 29.2. The van der Waals surface area contributed by atoms with Gasteiger partial charge in [0.1, 0.15) is 0 Å². The van der Waals surface area contributed by atoms with Crippen LogP contribution < -0.4 is 5.32 Å². The molecule has 2 unspecified atom stereocenters. The lowest BCUT2D eigenvalue weighted by atomic mass is 9.64. The lowest BCUT2D eigenvalue weighted by Gasteiger charge is -2.50. The van der Waals surface area contributed by atoms with Crippen LogP contribution in [0.25, 0.3) is 0 Å². The van der Waals surface area contributed by atoms with E-state index in [4.69, 9.17) is 0 Å². The highest BCUT2D eigenvalue weighted by Crippen LogP contribution is 2.40. The predicted octanol–water partition coefficient (Wildman–Crippen LogP) is 1.32. The van der Waals surface area contributed by atoms with Crippen molar-refractivity contribution in [1.29, 1.82) is 0 Å². The zero-order valence-electron chi connectivity index (χ0n) is 11.7. The molecule has 0 spiro atoms. The molecule has 3 nitrogen and oxygen atoms in total. The number of hydrogen-bond donors (Lipinski definition) is 2. The van der Waals surface area contributed by atoms with Crippen LogP contribution in [0.5, 0.6) is 0 Å². The summed E-state index contributed by atoms with van der Waals surface area (Å²) in [6, 6.07) is 0.462. The fraction of sp³-hybridized carbons (Fsp3) is 1.00. The van der Waals surface area contributed by atoms with Crippen molar-refractivity contribution in [2.45, 2.75) is 46.3 Å². The summed E-state index contributed by atoms with van der Waals surface area (Å²) < 4.78 is 0. The van der Waals surface area contributed by atoms with Crippen LogP contribution in [0.1, 0.15) is 34.1 Å². The highest BCUT2D eigenvalue weighted by atomic mass is 16.3. The van der Waals surface area contributed by atoms with Crippen LogP contribution in [-0.2, 0) is 0 Å². The standard InChI is InChI=1S/C13H28N2O/c1-12(2,9-15(5)6)8-14-10-7-11(16)13(10,3)4/h10-11,14,16H,7-9H2,1-6H3. The van der Waals surface area contributed by atoms with Gasteiger partial charge < -0.3 is 15.3 Å². The minimum absolute atomic E-state index is 0.0359. The van der Waals surface area contributed by atoms with Crippen molar-refractivity contribution < 1.29 is 5.11 Å². The van der Waals surface area contributed by atoms with Crippen molar-refractivity contribution in [3.05, 3.63) is 0 Å². The summed E-state index contributed by atoms with van der Waals surface area (Å²) in [6.07, 6.45) is 0.757. The third-order valence-corrected chi connectivity index (χ3v) is 3.79. The van der Waals surface area contributed by atoms with Gasteiger partial charge in [-0.25, -0.2) is 0 Å². The lowest BCUT2D eigenvalue weighted by molar-refractivity contribution is -0.0748. The van der Waals surface area contributed by atoms with Crippen LogP contribution in [0, 0.1) is 10.8 Å². The number of rotatable bonds is 5. The predicted molar refractivity (Wildman–Crippen MR) is 68.5 cm³/mol. The molecule has 0 saturated heterocycles. The van der Waals surface area contributed by atoms with Crippen molar-refractivity contribution in [2.75, 3.05) is 27.2 Å². The number of aliphatic hydroxyl groups excluding tert-OH is 1. The number of nitrogens with zero attached hydrogens (tertiary/aromatic N) is 1. The summed E-state index contributed by atoms with van der Waals surface area (Å²) >= 11 is 0. The van der Waals surface area contributed by atoms with Crippen LogP contribution in [0.4, 0.5) is 0 Å². The summed E-state index contributed by atoms with van der Waals surface area (Å²) in [5, 5.41) is 13.3. The largest absolute Gasteiger partial charge is 0.392 e. The third kappa shape index (κ3) is 3.19. The number of nitrogens with one attached hydrogen (secondary N) is 1. The highest BCUT2D eigenvalue weighted by Gasteiger charge is 2.47. The van der Waals surface area contributed by atoms with E-state index in [9.17, 15) is 5.11 Å². The first-order valence-corrected chi connectivity index (χ1v) is 6.21. The third-order valence-electron chi connectivity index (χ3n) is 3.79. The van der Waals surface area contributed by atoms with E-state index < -0.39 is 0 Å². The Balaban J connectivity index is 2.35. The molecule has 96 valence electrons. The van der Waals surface area contributed by atoms with Crippen LogP contribution >= 0.6 is 0 Å². The molecule has 1 rings (SSSR count). The van der Waals surface area contributed by atoms with Crippen molar-refractivity contribution in [1.82, 2.24) is 10.2 Å². The molecule has 16 heavy (non-hydrogen) atoms. The maximum Gasteiger partial charge on any atom is 0.0621 e. The summed E-state index contributed by atoms with van der Waals surface area (Å²) in [5.74, 6) is 0. The van der Waals surface area contributed by atoms with E-state index in [1.165, 1.54) is 0 Å². The molecule has 1 fully saturated rings. The molecule has 2 atom stereocenters. The summed E-state index contributed by atoms with van der Waals surface area (Å²) in [6.45, 7) is 10.9. The van der Waals surface area contributed by atoms with Gasteiger partial charge in [0.05, 0.1) is 6.10 Å². The minimum Gasteiger partial charge on any atom is -0.392 e. The van der Waals surface area contributed by atoms with E-state index in [0.29, 0.717) is 6.04 Å². The van der Waals surface area contributed by atoms with Gasteiger partial charge in [-0.1, -0.05) is 27.7 Å². The van der Waals surface area contributed by atoms with Crippen molar-refractivity contribution >= 4 is 0 Å². The quantitative estimate of drug-likeness (QED) is 0.745. The molecule has 0 amide bonds. The Morgan fingerprint density at radius 2 is 1.94 bits per heavy atom. The van der Waals surface area contributed by atoms with E-state index in [2.05, 4.69) is 52.0 Å². The molecule has 1 aliphatic rings. The molecule has 3 heteroatoms. The molecule has 0 aromatic rings. The zero-order valence-corrected chi connectivity index (χ0v) is 11.7. The first-order chi connectivity index (χ1) is 7.15. The van der Waals surface area contributed by atoms with Crippen molar-refractivity contribution in [3.63, 3.8) is 0 Å². The minimum atomic E-state index is -0.137. The molecule has 1 aliphatic carbocycles. The van der Waals surface area contributed by atoms with E-state index in [-0.39, 0.29) is 16.9 Å². The van der Waals surface area contributed by atoms with E-state index in [1.807, 2.05) is 0 Å². The summed E-state index contributed by atoms with van der Waals surface area (Å²) in [7, 11) is 4.22. The Labute approximate surface area is 100 Å². The van der Waals surface area contributed by atoms with Crippen LogP contribution in [0.3, 0.4) is 0 Å². The second-order valence-electron chi connectivity index (χ2n) is 6.91. The Hall–Kier alpha value is -0.120. The smallest absolute Gasteiger partial charge is 0.0621 e. The van der Waals surface area contributed by atoms with Crippen LogP contribution in [0.2, 0.25) is 0 Å². The van der Waals surface area contributed by atoms with Gasteiger partial charge in [0.15, 0.2) is 0 Å². The molecule has 0 aromatic carbocycles. The maximum absolute atomic E-state index is 9.67. The Bertz CT molecular complexity index is 236. The van der Waals surface area contributed by atoms with Gasteiger partial charge in [-0.05, 0) is 25.9 Å². The molecule has 0 aliphatic heterocycles. The summed E-state index contributed by atoms with van der Waals surface area (Å²) in [5.41, 5.74) is 0.314. The van der Waals surface area contributed by atoms with Gasteiger partial charge in [-0.15, -0.1) is 0 Å². The van der Waals surface area contributed by atoms with Gasteiger partial charge in [-0.2, -0.15) is 0 Å². The molecular weight excluding hydrogens is 200 g/mol. The van der Waals surface area contributed by atoms with Gasteiger partial charge in [-0.3, -0.25) is 0 Å². The first-order valence-electron chi connectivity index (χ1n) is 6.21. The molecular formula is C13H28N2O. The molecule has 2 N–H and O–H groups in total. The molecule has 0 radical (unpaired) electrons. The van der Waals surface area contributed by atoms with E-state index in [1.54, 1.807) is 0 Å². The second-order valence-corrected chi connectivity index (χ2v) is 6.91. The Morgan fingerprint density at radius 3 is 2.31 bits per heavy atom. The maximum atomic E-state index is 9.67. The fourth-order valence-corrected chi connectivity index (χ4v) is 2.56. The number of aliphatic hydroxyl groups is 1. The van der Waals surface area contributed by atoms with Gasteiger partial charge in [0.25, 0.3) is 0 Å². The Morgan fingerprint density at radius 1 is 1.38 bits per heavy atom. The van der Waals surface area contributed by atoms with Crippen LogP contribution in [0.15, 0.2) is 0 Å². The number of hydrogen-bond acceptors (Lipinski definition) is 3. The monoisotopic (exact) mass is 228 g/mol. The molecule has 0 aromatic heterocycles. The average molecular weight is 228 g/mol. The molecule has 0 bridgehead atoms. The summed E-state index contributed by atoms with van der Waals surface area (Å²) in [4.78, 5) is 2.22. The SMILES string of the molecule is CN(C)CC(C)(C)CNC1CC(O)C1(C)C. The second kappa shape index (κ2) is 4.63. The average Bonchev–Trinajstić information content (AvgIpc) is 2.09. The van der Waals surface area contributed by atoms with E-state index >= 15 is 0 Å². The lowest BCUT2D eigenvalue weighted by Crippen LogP contribution is -2.61. The highest BCUT2D eigenvalue weighted by molar-refractivity contribution is 5.02. The van der Waals surface area contributed by atoms with Gasteiger partial charge in [0, 0.05) is 24.5 Å². The van der Waals surface area contributed by atoms with Crippen LogP contribution in [-0.4, -0.2) is 49.3 Å². The topological polar surface area (TPSA) is 35.5 Å². The zero-order chi connectivity index (χ0) is 12.6. The van der Waals surface area contributed by atoms with Crippen molar-refractivity contribution in [2.24, 2.45) is 10.8 Å². The van der Waals surface area contributed by atoms with Crippen molar-refractivity contribution in [3.8, 4) is 0 Å². The van der Waals surface area contributed by atoms with Gasteiger partial charge in [0.2, 0.25) is 0 Å². The molecule has 0 heterocycles. The Kier molecular flexibility index (Phi) is 4.04.